The SMILES string of the molecule is CC(C)(C)CC(=O)Nc1cncc(-c2ccc3[nH]nc(-c4cc5c([nH]4)C=C=CC=C5c4ccncc4)c3n2)c1. The van der Waals surface area contributed by atoms with E-state index in [-0.39, 0.29) is 11.3 Å². The fourth-order valence-electron chi connectivity index (χ4n) is 4.65. The number of rotatable bonds is 5. The summed E-state index contributed by atoms with van der Waals surface area (Å²) in [5, 5.41) is 10.6. The van der Waals surface area contributed by atoms with Gasteiger partial charge in [-0.1, -0.05) is 20.8 Å². The van der Waals surface area contributed by atoms with Crippen molar-refractivity contribution in [2.45, 2.75) is 27.2 Å². The number of hydrogen-bond acceptors (Lipinski definition) is 5. The fourth-order valence-corrected chi connectivity index (χ4v) is 4.65. The fraction of sp³-hybridized carbons (Fsp3) is 0.161. The molecule has 192 valence electrons. The average molecular weight is 514 g/mol. The second-order valence-corrected chi connectivity index (χ2v) is 10.7. The number of hydrogen-bond donors (Lipinski definition) is 3. The van der Waals surface area contributed by atoms with E-state index < -0.39 is 0 Å². The summed E-state index contributed by atoms with van der Waals surface area (Å²) in [6.07, 6.45) is 13.3. The Hall–Kier alpha value is -5.07. The maximum Gasteiger partial charge on any atom is 0.224 e. The minimum Gasteiger partial charge on any atom is -0.353 e. The molecule has 0 atom stereocenters. The quantitative estimate of drug-likeness (QED) is 0.236. The topological polar surface area (TPSA) is 112 Å². The molecule has 3 N–H and O–H groups in total. The summed E-state index contributed by atoms with van der Waals surface area (Å²) < 4.78 is 0. The first kappa shape index (κ1) is 24.3. The van der Waals surface area contributed by atoms with E-state index in [9.17, 15) is 4.79 Å². The Morgan fingerprint density at radius 2 is 1.87 bits per heavy atom. The van der Waals surface area contributed by atoms with Gasteiger partial charge in [0.15, 0.2) is 0 Å². The van der Waals surface area contributed by atoms with Crippen molar-refractivity contribution in [3.05, 3.63) is 95.9 Å². The van der Waals surface area contributed by atoms with E-state index in [1.807, 2.05) is 63.3 Å². The third-order valence-electron chi connectivity index (χ3n) is 6.38. The van der Waals surface area contributed by atoms with Crippen LogP contribution in [0.15, 0.2) is 79.1 Å². The number of anilines is 1. The van der Waals surface area contributed by atoms with Crippen molar-refractivity contribution >= 4 is 34.3 Å². The first-order valence-electron chi connectivity index (χ1n) is 12.7. The van der Waals surface area contributed by atoms with Crippen LogP contribution in [-0.4, -0.2) is 36.0 Å². The third-order valence-corrected chi connectivity index (χ3v) is 6.38. The van der Waals surface area contributed by atoms with Crippen molar-refractivity contribution < 1.29 is 4.79 Å². The molecule has 0 aromatic carbocycles. The molecule has 5 aromatic heterocycles. The average Bonchev–Trinajstić information content (AvgIpc) is 3.47. The molecule has 1 amide bonds. The van der Waals surface area contributed by atoms with E-state index in [0.717, 1.165) is 50.4 Å². The predicted octanol–water partition coefficient (Wildman–Crippen LogP) is 6.40. The number of carbonyl (C=O) groups is 1. The molecule has 8 nitrogen and oxygen atoms in total. The summed E-state index contributed by atoms with van der Waals surface area (Å²) in [4.78, 5) is 29.4. The Kier molecular flexibility index (Phi) is 6.02. The zero-order valence-corrected chi connectivity index (χ0v) is 21.9. The number of H-pyrrole nitrogens is 2. The highest BCUT2D eigenvalue weighted by molar-refractivity contribution is 5.94. The number of aromatic nitrogens is 6. The number of nitrogens with zero attached hydrogens (tertiary/aromatic N) is 4. The Morgan fingerprint density at radius 1 is 1.03 bits per heavy atom. The second-order valence-electron chi connectivity index (χ2n) is 10.7. The van der Waals surface area contributed by atoms with Gasteiger partial charge in [0.05, 0.1) is 34.5 Å². The highest BCUT2D eigenvalue weighted by atomic mass is 16.1. The van der Waals surface area contributed by atoms with Crippen molar-refractivity contribution in [3.63, 3.8) is 0 Å². The molecule has 5 aromatic rings. The minimum absolute atomic E-state index is 0.0439. The van der Waals surface area contributed by atoms with Crippen LogP contribution in [0.4, 0.5) is 5.69 Å². The Balaban J connectivity index is 1.35. The molecule has 0 aliphatic heterocycles. The lowest BCUT2D eigenvalue weighted by Crippen LogP contribution is -2.19. The number of amides is 1. The van der Waals surface area contributed by atoms with E-state index in [1.165, 1.54) is 0 Å². The molecule has 8 heteroatoms. The van der Waals surface area contributed by atoms with Crippen molar-refractivity contribution in [3.8, 4) is 22.6 Å². The molecule has 1 aliphatic rings. The van der Waals surface area contributed by atoms with Gasteiger partial charge in [0.25, 0.3) is 0 Å². The molecule has 0 saturated carbocycles. The summed E-state index contributed by atoms with van der Waals surface area (Å²) in [7, 11) is 0. The van der Waals surface area contributed by atoms with E-state index in [1.54, 1.807) is 24.8 Å². The highest BCUT2D eigenvalue weighted by Gasteiger charge is 2.19. The van der Waals surface area contributed by atoms with Gasteiger partial charge in [-0.15, -0.1) is 5.73 Å². The largest absolute Gasteiger partial charge is 0.353 e. The van der Waals surface area contributed by atoms with Gasteiger partial charge in [0.1, 0.15) is 11.2 Å². The minimum atomic E-state index is -0.101. The molecule has 0 saturated heterocycles. The highest BCUT2D eigenvalue weighted by Crippen LogP contribution is 2.34. The van der Waals surface area contributed by atoms with Crippen LogP contribution in [0.25, 0.3) is 45.3 Å². The lowest BCUT2D eigenvalue weighted by molar-refractivity contribution is -0.117. The summed E-state index contributed by atoms with van der Waals surface area (Å²) in [6.45, 7) is 6.11. The van der Waals surface area contributed by atoms with Crippen LogP contribution in [0.1, 0.15) is 44.0 Å². The molecule has 0 spiro atoms. The first-order chi connectivity index (χ1) is 18.8. The van der Waals surface area contributed by atoms with E-state index in [4.69, 9.17) is 4.98 Å². The van der Waals surface area contributed by atoms with Crippen LogP contribution < -0.4 is 5.32 Å². The van der Waals surface area contributed by atoms with Crippen LogP contribution in [0.2, 0.25) is 0 Å². The monoisotopic (exact) mass is 513 g/mol. The van der Waals surface area contributed by atoms with Crippen molar-refractivity contribution in [1.29, 1.82) is 0 Å². The molecular formula is C31H27N7O. The number of nitrogens with one attached hydrogen (secondary N) is 3. The summed E-state index contributed by atoms with van der Waals surface area (Å²) in [5.74, 6) is -0.0439. The Bertz CT molecular complexity index is 1800. The van der Waals surface area contributed by atoms with Crippen molar-refractivity contribution in [2.24, 2.45) is 5.41 Å². The zero-order chi connectivity index (χ0) is 27.0. The van der Waals surface area contributed by atoms with Crippen molar-refractivity contribution in [2.75, 3.05) is 5.32 Å². The van der Waals surface area contributed by atoms with E-state index in [0.29, 0.717) is 17.8 Å². The van der Waals surface area contributed by atoms with Gasteiger partial charge in [0, 0.05) is 42.2 Å². The van der Waals surface area contributed by atoms with Crippen LogP contribution in [-0.2, 0) is 4.79 Å². The number of fused-ring (bicyclic) bond motifs is 2. The normalized spacial score (nSPS) is 12.7. The predicted molar refractivity (Wildman–Crippen MR) is 153 cm³/mol. The van der Waals surface area contributed by atoms with Crippen LogP contribution >= 0.6 is 0 Å². The van der Waals surface area contributed by atoms with Crippen LogP contribution in [0.5, 0.6) is 0 Å². The summed E-state index contributed by atoms with van der Waals surface area (Å²) in [5.41, 5.74) is 12.5. The van der Waals surface area contributed by atoms with Gasteiger partial charge in [-0.2, -0.15) is 5.10 Å². The van der Waals surface area contributed by atoms with Crippen LogP contribution in [0.3, 0.4) is 0 Å². The number of carbonyl (C=O) groups excluding carboxylic acids is 1. The maximum atomic E-state index is 12.4. The first-order valence-corrected chi connectivity index (χ1v) is 12.7. The van der Waals surface area contributed by atoms with Gasteiger partial charge >= 0.3 is 0 Å². The molecule has 0 fully saturated rings. The van der Waals surface area contributed by atoms with Crippen molar-refractivity contribution in [1.82, 2.24) is 30.1 Å². The second kappa shape index (κ2) is 9.67. The summed E-state index contributed by atoms with van der Waals surface area (Å²) >= 11 is 0. The molecule has 39 heavy (non-hydrogen) atoms. The number of pyridine rings is 3. The van der Waals surface area contributed by atoms with Gasteiger partial charge in [-0.05, 0) is 65.1 Å². The molecule has 5 heterocycles. The smallest absolute Gasteiger partial charge is 0.224 e. The van der Waals surface area contributed by atoms with Gasteiger partial charge in [0.2, 0.25) is 5.91 Å². The third kappa shape index (κ3) is 5.06. The lowest BCUT2D eigenvalue weighted by Gasteiger charge is -2.17. The lowest BCUT2D eigenvalue weighted by atomic mass is 9.92. The standard InChI is InChI=1S/C31H27N7O/c1-31(2,3)16-28(39)34-21-14-20(17-33-18-21)24-8-9-26-29(36-24)30(38-37-26)27-15-23-22(19-10-12-32-13-11-19)6-4-5-7-25(23)35-27/h4,6-15,17-18,35H,16H2,1-3H3,(H,34,39)(H,37,38). The summed E-state index contributed by atoms with van der Waals surface area (Å²) in [6, 6.07) is 11.8. The molecule has 0 unspecified atom stereocenters. The van der Waals surface area contributed by atoms with Gasteiger partial charge < -0.3 is 10.3 Å². The van der Waals surface area contributed by atoms with Gasteiger partial charge in [-0.25, -0.2) is 4.98 Å². The number of aromatic amines is 2. The van der Waals surface area contributed by atoms with Gasteiger partial charge in [-0.3, -0.25) is 19.9 Å². The molecule has 6 rings (SSSR count). The molecule has 0 radical (unpaired) electrons. The number of allylic oxidation sites excluding steroid dienone is 2. The van der Waals surface area contributed by atoms with E-state index >= 15 is 0 Å². The Morgan fingerprint density at radius 3 is 2.69 bits per heavy atom. The van der Waals surface area contributed by atoms with E-state index in [2.05, 4.69) is 48.3 Å². The van der Waals surface area contributed by atoms with Crippen LogP contribution in [0, 0.1) is 5.41 Å². The zero-order valence-electron chi connectivity index (χ0n) is 21.9. The molecular weight excluding hydrogens is 486 g/mol. The Labute approximate surface area is 225 Å². The molecule has 0 bridgehead atoms. The molecule has 1 aliphatic carbocycles. The maximum absolute atomic E-state index is 12.4.